The molecule has 0 aromatic carbocycles. The zero-order chi connectivity index (χ0) is 41.8. The van der Waals surface area contributed by atoms with Crippen LogP contribution in [0.15, 0.2) is 23.3 Å². The van der Waals surface area contributed by atoms with Crippen LogP contribution in [0.5, 0.6) is 0 Å². The topological polar surface area (TPSA) is 77.8 Å². The molecule has 0 bridgehead atoms. The fourth-order valence-corrected chi connectivity index (χ4v) is 17.1. The van der Waals surface area contributed by atoms with Gasteiger partial charge < -0.3 is 15.3 Å². The summed E-state index contributed by atoms with van der Waals surface area (Å²) in [5, 5.41) is 29.7. The van der Waals surface area contributed by atoms with Crippen LogP contribution in [0.1, 0.15) is 197 Å². The molecule has 0 amide bonds. The van der Waals surface area contributed by atoms with Gasteiger partial charge in [0.25, 0.3) is 0 Å². The van der Waals surface area contributed by atoms with Gasteiger partial charge in [-0.1, -0.05) is 112 Å². The highest BCUT2D eigenvalue weighted by Crippen LogP contribution is 2.69. The van der Waals surface area contributed by atoms with Crippen molar-refractivity contribution < 1.29 is 20.1 Å². The summed E-state index contributed by atoms with van der Waals surface area (Å²) in [7, 11) is 0. The van der Waals surface area contributed by atoms with E-state index in [0.717, 1.165) is 79.4 Å². The third-order valence-corrected chi connectivity index (χ3v) is 20.6. The van der Waals surface area contributed by atoms with Crippen molar-refractivity contribution in [1.82, 2.24) is 0 Å². The minimum Gasteiger partial charge on any atom is -0.396 e. The molecular weight excluding hydrogens is 713 g/mol. The van der Waals surface area contributed by atoms with E-state index in [0.29, 0.717) is 46.4 Å². The van der Waals surface area contributed by atoms with Gasteiger partial charge in [-0.15, -0.1) is 0 Å². The van der Waals surface area contributed by atoms with Gasteiger partial charge >= 0.3 is 0 Å². The molecule has 17 atom stereocenters. The molecule has 6 fully saturated rings. The Kier molecular flexibility index (Phi) is 13.7. The second-order valence-electron chi connectivity index (χ2n) is 24.2. The van der Waals surface area contributed by atoms with Crippen LogP contribution in [0.3, 0.4) is 0 Å². The van der Waals surface area contributed by atoms with Gasteiger partial charge in [0.2, 0.25) is 0 Å². The van der Waals surface area contributed by atoms with Gasteiger partial charge in [0.05, 0.1) is 12.2 Å². The lowest BCUT2D eigenvalue weighted by molar-refractivity contribution is -0.135. The summed E-state index contributed by atoms with van der Waals surface area (Å²) in [5.74, 6) is 8.93. The zero-order valence-electron chi connectivity index (χ0n) is 39.0. The highest BCUT2D eigenvalue weighted by atomic mass is 16.3. The van der Waals surface area contributed by atoms with Crippen LogP contribution in [-0.2, 0) is 4.79 Å². The van der Waals surface area contributed by atoms with Crippen molar-refractivity contribution in [2.75, 3.05) is 6.61 Å². The lowest BCUT2D eigenvalue weighted by Crippen LogP contribution is -2.53. The number of fused-ring (bicyclic) bond motifs is 10. The Hall–Kier alpha value is -0.970. The fraction of sp³-hybridized carbons (Fsp3) is 0.907. The largest absolute Gasteiger partial charge is 0.396 e. The van der Waals surface area contributed by atoms with E-state index in [4.69, 9.17) is 0 Å². The Morgan fingerprint density at radius 1 is 0.621 bits per heavy atom. The lowest BCUT2D eigenvalue weighted by atomic mass is 9.46. The standard InChI is InChI=1S/C27H44O2.C27H46O2/c1-17(2)7-6-8-18(3)21-9-10-22-25-23(12-14-27(21,22)5)26(4)13-11-20(28)15-19(26)16-24(25)29;1-18(17-28)6-5-7-19(2)23-10-11-24-22-9-8-20-16-21(29)12-14-26(20,3)25(22)13-15-27(23,24)4/h16-18,20-23,25,28H,6-15H2,1-5H3;8,18-19,21-25,28-29H,5-7,9-17H2,1-4H3/t18-,20+,21-,22+,23+,25+,26+,27-;18?,19-,21+,22+,23-,24+,25+,26+,27-/m11/s1. The maximum atomic E-state index is 13.4. The minimum atomic E-state index is -0.241. The first kappa shape index (κ1) is 45.1. The third kappa shape index (κ3) is 8.19. The molecular formula is C54H90O4. The van der Waals surface area contributed by atoms with Crippen LogP contribution < -0.4 is 0 Å². The predicted octanol–water partition coefficient (Wildman–Crippen LogP) is 12.9. The van der Waals surface area contributed by atoms with Crippen molar-refractivity contribution >= 4 is 5.78 Å². The fourth-order valence-electron chi connectivity index (χ4n) is 17.1. The smallest absolute Gasteiger partial charge is 0.159 e. The molecule has 0 aromatic rings. The zero-order valence-corrected chi connectivity index (χ0v) is 39.0. The van der Waals surface area contributed by atoms with Crippen LogP contribution in [0, 0.1) is 92.7 Å². The normalized spacial score (nSPS) is 45.8. The van der Waals surface area contributed by atoms with Gasteiger partial charge in [-0.3, -0.25) is 4.79 Å². The second kappa shape index (κ2) is 17.7. The number of aliphatic hydroxyl groups is 3. The highest BCUT2D eigenvalue weighted by molar-refractivity contribution is 5.94. The van der Waals surface area contributed by atoms with Crippen molar-refractivity contribution in [3.05, 3.63) is 23.3 Å². The third-order valence-electron chi connectivity index (χ3n) is 20.6. The lowest BCUT2D eigenvalue weighted by Gasteiger charge is -2.58. The molecule has 6 saturated carbocycles. The minimum absolute atomic E-state index is 0.0926. The van der Waals surface area contributed by atoms with Gasteiger partial charge in [0.1, 0.15) is 0 Å². The first-order valence-corrected chi connectivity index (χ1v) is 25.4. The molecule has 8 aliphatic rings. The highest BCUT2D eigenvalue weighted by Gasteiger charge is 2.62. The predicted molar refractivity (Wildman–Crippen MR) is 240 cm³/mol. The van der Waals surface area contributed by atoms with E-state index in [2.05, 4.69) is 68.4 Å². The molecule has 0 saturated heterocycles. The number of hydrogen-bond acceptors (Lipinski definition) is 4. The summed E-state index contributed by atoms with van der Waals surface area (Å²) >= 11 is 0. The van der Waals surface area contributed by atoms with E-state index >= 15 is 0 Å². The first-order chi connectivity index (χ1) is 27.5. The summed E-state index contributed by atoms with van der Waals surface area (Å²) in [6, 6.07) is 0. The van der Waals surface area contributed by atoms with E-state index in [1.807, 2.05) is 6.08 Å². The van der Waals surface area contributed by atoms with Crippen LogP contribution in [-0.4, -0.2) is 39.9 Å². The average molecular weight is 803 g/mol. The summed E-state index contributed by atoms with van der Waals surface area (Å²) in [5.41, 5.74) is 4.28. The number of ketones is 1. The molecule has 0 radical (unpaired) electrons. The van der Waals surface area contributed by atoms with E-state index in [9.17, 15) is 20.1 Å². The molecule has 0 spiro atoms. The van der Waals surface area contributed by atoms with Crippen molar-refractivity contribution in [3.63, 3.8) is 0 Å². The Morgan fingerprint density at radius 2 is 1.16 bits per heavy atom. The van der Waals surface area contributed by atoms with Gasteiger partial charge in [-0.2, -0.15) is 0 Å². The number of aliphatic hydroxyl groups excluding tert-OH is 3. The van der Waals surface area contributed by atoms with Crippen LogP contribution in [0.2, 0.25) is 0 Å². The average Bonchev–Trinajstić information content (AvgIpc) is 3.72. The van der Waals surface area contributed by atoms with E-state index in [1.54, 1.807) is 5.57 Å². The monoisotopic (exact) mass is 803 g/mol. The molecule has 0 aliphatic heterocycles. The molecule has 1 unspecified atom stereocenters. The molecule has 4 heteroatoms. The first-order valence-electron chi connectivity index (χ1n) is 25.4. The second-order valence-corrected chi connectivity index (χ2v) is 24.2. The van der Waals surface area contributed by atoms with E-state index in [-0.39, 0.29) is 23.5 Å². The number of carbonyl (C=O) groups excluding carboxylic acids is 1. The van der Waals surface area contributed by atoms with Gasteiger partial charge in [-0.25, -0.2) is 0 Å². The SMILES string of the molecule is CC(C)CCC[C@@H](C)[C@H]1CC[C@H]2[C@@H]3C(=O)C=C4C[C@@H](O)CC[C@]4(C)[C@H]3CC[C@]12C.CC(CO)CCC[C@@H](C)[C@H]1CC[C@H]2[C@@H]3CC=C4C[C@@H](O)CC[C@]4(C)[C@H]3CC[C@]12C. The Labute approximate surface area is 356 Å². The number of rotatable bonds is 11. The number of allylic oxidation sites excluding steroid dienone is 2. The molecule has 58 heavy (non-hydrogen) atoms. The maximum Gasteiger partial charge on any atom is 0.159 e. The summed E-state index contributed by atoms with van der Waals surface area (Å²) in [6.07, 6.45) is 30.0. The molecule has 0 heterocycles. The van der Waals surface area contributed by atoms with Crippen LogP contribution in [0.4, 0.5) is 0 Å². The number of hydrogen-bond donors (Lipinski definition) is 3. The molecule has 3 N–H and O–H groups in total. The molecule has 4 nitrogen and oxygen atoms in total. The van der Waals surface area contributed by atoms with Crippen molar-refractivity contribution in [3.8, 4) is 0 Å². The quantitative estimate of drug-likeness (QED) is 0.182. The molecule has 330 valence electrons. The summed E-state index contributed by atoms with van der Waals surface area (Å²) in [6.45, 7) is 22.4. The summed E-state index contributed by atoms with van der Waals surface area (Å²) < 4.78 is 0. The van der Waals surface area contributed by atoms with Gasteiger partial charge in [-0.05, 0) is 196 Å². The van der Waals surface area contributed by atoms with Crippen molar-refractivity contribution in [2.24, 2.45) is 92.7 Å². The van der Waals surface area contributed by atoms with Crippen molar-refractivity contribution in [1.29, 1.82) is 0 Å². The Balaban J connectivity index is 0.000000177. The molecule has 0 aromatic heterocycles. The molecule has 8 aliphatic carbocycles. The van der Waals surface area contributed by atoms with E-state index < -0.39 is 0 Å². The van der Waals surface area contributed by atoms with E-state index in [1.165, 1.54) is 108 Å². The number of carbonyl (C=O) groups is 1. The van der Waals surface area contributed by atoms with Gasteiger partial charge in [0.15, 0.2) is 5.78 Å². The van der Waals surface area contributed by atoms with Gasteiger partial charge in [0, 0.05) is 12.5 Å². The van der Waals surface area contributed by atoms with Crippen molar-refractivity contribution in [2.45, 2.75) is 209 Å². The maximum absolute atomic E-state index is 13.4. The Bertz CT molecular complexity index is 1490. The van der Waals surface area contributed by atoms with Crippen LogP contribution in [0.25, 0.3) is 0 Å². The summed E-state index contributed by atoms with van der Waals surface area (Å²) in [4.78, 5) is 13.4. The Morgan fingerprint density at radius 3 is 1.76 bits per heavy atom. The van der Waals surface area contributed by atoms with Crippen LogP contribution >= 0.6 is 0 Å². The molecule has 8 rings (SSSR count).